The molecule has 0 spiro atoms. The maximum absolute atomic E-state index is 11.9. The Morgan fingerprint density at radius 1 is 1.03 bits per heavy atom. The Morgan fingerprint density at radius 3 is 2.22 bits per heavy atom. The van der Waals surface area contributed by atoms with Crippen molar-refractivity contribution in [2.45, 2.75) is 72.1 Å². The Morgan fingerprint density at radius 2 is 1.69 bits per heavy atom. The molecule has 0 radical (unpaired) electrons. The number of rotatable bonds is 5. The minimum absolute atomic E-state index is 0.134. The average molecular weight is 460 g/mol. The monoisotopic (exact) mass is 459 g/mol. The second-order valence-electron chi connectivity index (χ2n) is 10.5. The second-order valence-corrected chi connectivity index (χ2v) is 12.3. The highest BCUT2D eigenvalue weighted by Crippen LogP contribution is 2.37. The molecule has 0 aliphatic carbocycles. The lowest BCUT2D eigenvalue weighted by molar-refractivity contribution is 0.555. The van der Waals surface area contributed by atoms with E-state index >= 15 is 0 Å². The maximum Gasteiger partial charge on any atom is 0.229 e. The summed E-state index contributed by atoms with van der Waals surface area (Å²) in [6.45, 7) is 16.5. The Kier molecular flexibility index (Phi) is 5.97. The molecular formula is C22H33N7O2S. The molecule has 0 unspecified atom stereocenters. The van der Waals surface area contributed by atoms with Gasteiger partial charge >= 0.3 is 0 Å². The molecule has 0 aliphatic heterocycles. The first-order valence-electron chi connectivity index (χ1n) is 10.6. The molecule has 0 fully saturated rings. The predicted octanol–water partition coefficient (Wildman–Crippen LogP) is 5.56. The van der Waals surface area contributed by atoms with Gasteiger partial charge in [-0.2, -0.15) is 5.10 Å². The van der Waals surface area contributed by atoms with Gasteiger partial charge in [0.1, 0.15) is 11.5 Å². The van der Waals surface area contributed by atoms with Crippen molar-refractivity contribution in [1.29, 1.82) is 0 Å². The fourth-order valence-electron chi connectivity index (χ4n) is 3.16. The van der Waals surface area contributed by atoms with Gasteiger partial charge in [-0.05, 0) is 23.1 Å². The first-order valence-corrected chi connectivity index (χ1v) is 12.5. The van der Waals surface area contributed by atoms with Crippen LogP contribution in [-0.2, 0) is 20.9 Å². The van der Waals surface area contributed by atoms with Gasteiger partial charge in [0.05, 0.1) is 17.6 Å². The van der Waals surface area contributed by atoms with Crippen LogP contribution in [0.1, 0.15) is 78.4 Å². The van der Waals surface area contributed by atoms with Crippen molar-refractivity contribution in [2.24, 2.45) is 10.2 Å². The van der Waals surface area contributed by atoms with Crippen molar-refractivity contribution in [3.05, 3.63) is 35.3 Å². The normalized spacial score (nSPS) is 13.6. The second kappa shape index (κ2) is 7.99. The highest BCUT2D eigenvalue weighted by atomic mass is 32.2. The van der Waals surface area contributed by atoms with Gasteiger partial charge < -0.3 is 4.98 Å². The number of anilines is 1. The molecule has 32 heavy (non-hydrogen) atoms. The van der Waals surface area contributed by atoms with E-state index in [1.807, 2.05) is 46.8 Å². The Hall–Kier alpha value is -2.75. The molecule has 0 saturated heterocycles. The molecule has 2 N–H and O–H groups in total. The zero-order valence-corrected chi connectivity index (χ0v) is 21.1. The van der Waals surface area contributed by atoms with Crippen LogP contribution in [0, 0.1) is 0 Å². The zero-order valence-electron chi connectivity index (χ0n) is 20.3. The number of nitrogens with one attached hydrogen (secondary N) is 2. The van der Waals surface area contributed by atoms with E-state index in [0.29, 0.717) is 22.7 Å². The summed E-state index contributed by atoms with van der Waals surface area (Å²) in [5, 5.41) is 18.2. The predicted molar refractivity (Wildman–Crippen MR) is 128 cm³/mol. The molecule has 3 rings (SSSR count). The summed E-state index contributed by atoms with van der Waals surface area (Å²) in [5.41, 5.74) is 3.40. The van der Waals surface area contributed by atoms with Gasteiger partial charge in [0.2, 0.25) is 10.0 Å². The Labute approximate surface area is 189 Å². The summed E-state index contributed by atoms with van der Waals surface area (Å²) >= 11 is 0. The maximum atomic E-state index is 11.9. The first kappa shape index (κ1) is 23.9. The zero-order chi connectivity index (χ0) is 24.1. The van der Waals surface area contributed by atoms with Crippen molar-refractivity contribution < 1.29 is 8.42 Å². The van der Waals surface area contributed by atoms with E-state index in [0.717, 1.165) is 23.3 Å². The molecule has 0 amide bonds. The number of benzene rings is 1. The van der Waals surface area contributed by atoms with Gasteiger partial charge in [0.15, 0.2) is 11.3 Å². The topological polar surface area (TPSA) is 117 Å². The SMILES string of the molecule is CC(C)c1nn2nc(C(C)(C)C)c(N=Nc3cc(C(C)(C)C)ccc3NS(C)(=O)=O)c2[nH]1. The molecule has 0 aliphatic rings. The van der Waals surface area contributed by atoms with Crippen LogP contribution in [0.4, 0.5) is 17.1 Å². The minimum Gasteiger partial charge on any atom is -0.323 e. The first-order chi connectivity index (χ1) is 14.6. The smallest absolute Gasteiger partial charge is 0.229 e. The van der Waals surface area contributed by atoms with Crippen LogP contribution in [0.15, 0.2) is 28.4 Å². The number of fused-ring (bicyclic) bond motifs is 1. The summed E-state index contributed by atoms with van der Waals surface area (Å²) in [5.74, 6) is 1.01. The van der Waals surface area contributed by atoms with E-state index in [9.17, 15) is 8.42 Å². The van der Waals surface area contributed by atoms with Crippen LogP contribution in [-0.4, -0.2) is 34.5 Å². The summed E-state index contributed by atoms with van der Waals surface area (Å²) in [4.78, 5) is 3.30. The molecule has 3 aromatic rings. The van der Waals surface area contributed by atoms with Crippen molar-refractivity contribution in [3.8, 4) is 0 Å². The quantitative estimate of drug-likeness (QED) is 0.485. The summed E-state index contributed by atoms with van der Waals surface area (Å²) < 4.78 is 27.9. The molecule has 0 saturated carbocycles. The third-order valence-electron chi connectivity index (χ3n) is 4.97. The van der Waals surface area contributed by atoms with Gasteiger partial charge in [-0.1, -0.05) is 61.5 Å². The average Bonchev–Trinajstić information content (AvgIpc) is 3.16. The van der Waals surface area contributed by atoms with Gasteiger partial charge in [0, 0.05) is 11.3 Å². The number of sulfonamides is 1. The molecular weight excluding hydrogens is 426 g/mol. The van der Waals surface area contributed by atoms with Crippen LogP contribution in [0.2, 0.25) is 0 Å². The van der Waals surface area contributed by atoms with Crippen molar-refractivity contribution in [1.82, 2.24) is 19.8 Å². The number of aromatic nitrogens is 4. The van der Waals surface area contributed by atoms with E-state index in [1.54, 1.807) is 10.7 Å². The number of nitrogens with zero attached hydrogens (tertiary/aromatic N) is 5. The number of hydrogen-bond acceptors (Lipinski definition) is 6. The van der Waals surface area contributed by atoms with E-state index < -0.39 is 10.0 Å². The van der Waals surface area contributed by atoms with Crippen molar-refractivity contribution in [2.75, 3.05) is 11.0 Å². The van der Waals surface area contributed by atoms with E-state index in [-0.39, 0.29) is 16.7 Å². The van der Waals surface area contributed by atoms with Crippen molar-refractivity contribution >= 4 is 32.7 Å². The molecule has 0 bridgehead atoms. The highest BCUT2D eigenvalue weighted by Gasteiger charge is 2.27. The fraction of sp³-hybridized carbons (Fsp3) is 0.545. The molecule has 2 heterocycles. The van der Waals surface area contributed by atoms with Gasteiger partial charge in [0.25, 0.3) is 0 Å². The van der Waals surface area contributed by atoms with Crippen molar-refractivity contribution in [3.63, 3.8) is 0 Å². The molecule has 10 heteroatoms. The van der Waals surface area contributed by atoms with Crippen LogP contribution < -0.4 is 4.72 Å². The lowest BCUT2D eigenvalue weighted by Gasteiger charge is -2.20. The highest BCUT2D eigenvalue weighted by molar-refractivity contribution is 7.92. The molecule has 1 aromatic carbocycles. The third-order valence-corrected chi connectivity index (χ3v) is 5.56. The number of hydrogen-bond donors (Lipinski definition) is 2. The third kappa shape index (κ3) is 5.17. The van der Waals surface area contributed by atoms with Crippen LogP contribution in [0.3, 0.4) is 0 Å². The summed E-state index contributed by atoms with van der Waals surface area (Å²) in [6, 6.07) is 5.48. The van der Waals surface area contributed by atoms with Gasteiger partial charge in [-0.25, -0.2) is 8.42 Å². The fourth-order valence-corrected chi connectivity index (χ4v) is 3.73. The number of aromatic amines is 1. The van der Waals surface area contributed by atoms with E-state index in [4.69, 9.17) is 0 Å². The molecule has 2 aromatic heterocycles. The lowest BCUT2D eigenvalue weighted by atomic mass is 9.87. The van der Waals surface area contributed by atoms with E-state index in [2.05, 4.69) is 50.9 Å². The van der Waals surface area contributed by atoms with Gasteiger partial charge in [-0.15, -0.1) is 20.0 Å². The molecule has 174 valence electrons. The number of azo groups is 1. The van der Waals surface area contributed by atoms with Crippen LogP contribution >= 0.6 is 0 Å². The molecule has 0 atom stereocenters. The van der Waals surface area contributed by atoms with Crippen LogP contribution in [0.5, 0.6) is 0 Å². The lowest BCUT2D eigenvalue weighted by Crippen LogP contribution is -2.13. The summed E-state index contributed by atoms with van der Waals surface area (Å²) in [7, 11) is -3.48. The largest absolute Gasteiger partial charge is 0.323 e. The van der Waals surface area contributed by atoms with Crippen LogP contribution in [0.25, 0.3) is 5.65 Å². The minimum atomic E-state index is -3.48. The van der Waals surface area contributed by atoms with Gasteiger partial charge in [-0.3, -0.25) is 4.72 Å². The number of H-pyrrole nitrogens is 1. The summed E-state index contributed by atoms with van der Waals surface area (Å²) in [6.07, 6.45) is 1.11. The molecule has 9 nitrogen and oxygen atoms in total. The van der Waals surface area contributed by atoms with E-state index in [1.165, 1.54) is 0 Å². The standard InChI is InChI=1S/C22H33N7O2S/c1-13(2)19-23-20-17(18(22(6,7)8)26-29(20)27-19)25-24-16-12-14(21(3,4)5)10-11-15(16)28-32(9,30)31/h10-13,28H,1-9H3,(H,23,27). The Balaban J connectivity index is 2.19. The Bertz CT molecular complexity index is 1270.